The summed E-state index contributed by atoms with van der Waals surface area (Å²) in [5.41, 5.74) is -0.711. The smallest absolute Gasteiger partial charge is 0.404 e. The maximum absolute atomic E-state index is 15.1. The third-order valence-corrected chi connectivity index (χ3v) is 14.8. The lowest BCUT2D eigenvalue weighted by molar-refractivity contribution is -0.199. The number of fused-ring (bicyclic) bond motifs is 1. The van der Waals surface area contributed by atoms with E-state index >= 15 is 4.79 Å². The van der Waals surface area contributed by atoms with Crippen molar-refractivity contribution in [1.82, 2.24) is 30.8 Å². The summed E-state index contributed by atoms with van der Waals surface area (Å²) in [5, 5.41) is 9.47. The Bertz CT molecular complexity index is 1580. The van der Waals surface area contributed by atoms with Gasteiger partial charge in [0.1, 0.15) is 23.8 Å². The van der Waals surface area contributed by atoms with Gasteiger partial charge in [0.25, 0.3) is 5.91 Å². The van der Waals surface area contributed by atoms with Crippen molar-refractivity contribution in [3.8, 4) is 0 Å². The highest BCUT2D eigenvalue weighted by Crippen LogP contribution is 2.65. The highest BCUT2D eigenvalue weighted by Gasteiger charge is 2.68. The molecule has 3 N–H and O–H groups in total. The number of aromatic nitrogens is 2. The van der Waals surface area contributed by atoms with E-state index in [1.54, 1.807) is 0 Å². The van der Waals surface area contributed by atoms with Gasteiger partial charge < -0.3 is 30.2 Å². The standard InChI is InChI=1S/C42H65BN6O6/c1-8-14-33(43-54-32-23-27-22-31(41(27,5)6)42(32,7)55-43)46-37(51)30-21-26-17-12-13-18-29(26)49(30)39(53)35(40(2,3)4)48-38(52)34(25-15-10-9-11-16-25)47-36(50)28-24-44-19-20-45-28/h19-20,24-27,29-35H,8-18,21-23H2,1-7H3,(H,46,51)(H,47,50)(H,48,52)/t26-,27+,29-,30-,31+,32+,33?,34-,35+,42-/m0/s1. The van der Waals surface area contributed by atoms with E-state index in [1.807, 2.05) is 25.7 Å². The average Bonchev–Trinajstić information content (AvgIpc) is 3.74. The van der Waals surface area contributed by atoms with Crippen molar-refractivity contribution >= 4 is 30.7 Å². The van der Waals surface area contributed by atoms with Crippen molar-refractivity contribution in [1.29, 1.82) is 0 Å². The molecule has 1 aromatic heterocycles. The van der Waals surface area contributed by atoms with Crippen molar-refractivity contribution in [2.45, 2.75) is 180 Å². The van der Waals surface area contributed by atoms with Crippen molar-refractivity contribution < 1.29 is 28.5 Å². The van der Waals surface area contributed by atoms with E-state index in [4.69, 9.17) is 9.31 Å². The Morgan fingerprint density at radius 2 is 1.67 bits per heavy atom. The number of likely N-dealkylation sites (tertiary alicyclic amines) is 1. The first-order valence-corrected chi connectivity index (χ1v) is 21.5. The minimum Gasteiger partial charge on any atom is -0.404 e. The molecule has 5 aliphatic carbocycles. The molecule has 2 bridgehead atoms. The fourth-order valence-corrected chi connectivity index (χ4v) is 11.5. The molecule has 8 rings (SSSR count). The van der Waals surface area contributed by atoms with E-state index in [0.29, 0.717) is 24.7 Å². The first kappa shape index (κ1) is 40.2. The second-order valence-corrected chi connectivity index (χ2v) is 19.6. The van der Waals surface area contributed by atoms with Gasteiger partial charge in [0, 0.05) is 18.4 Å². The highest BCUT2D eigenvalue weighted by molar-refractivity contribution is 6.48. The molecule has 55 heavy (non-hydrogen) atoms. The number of hydrogen-bond donors (Lipinski definition) is 3. The highest BCUT2D eigenvalue weighted by atomic mass is 16.7. The van der Waals surface area contributed by atoms with Gasteiger partial charge in [0.15, 0.2) is 0 Å². The summed E-state index contributed by atoms with van der Waals surface area (Å²) in [4.78, 5) is 67.5. The summed E-state index contributed by atoms with van der Waals surface area (Å²) in [7, 11) is -0.544. The SMILES string of the molecule is CCCC(NC(=O)[C@@H]1C[C@@H]2CCCC[C@@H]2N1C(=O)[C@@H](NC(=O)[C@@H](NC(=O)c1cnccn1)C1CCCCC1)C(C)(C)C)B1O[C@@H]2C[C@H]3C[C@H](C3(C)C)[C@]2(C)O1. The molecule has 2 saturated heterocycles. The number of carbonyl (C=O) groups is 4. The van der Waals surface area contributed by atoms with Crippen molar-refractivity contribution in [2.24, 2.45) is 34.5 Å². The third kappa shape index (κ3) is 7.69. The Labute approximate surface area is 328 Å². The molecular weight excluding hydrogens is 695 g/mol. The lowest BCUT2D eigenvalue weighted by Gasteiger charge is -2.64. The summed E-state index contributed by atoms with van der Waals surface area (Å²) < 4.78 is 13.5. The van der Waals surface area contributed by atoms with E-state index in [0.717, 1.165) is 77.0 Å². The Balaban J connectivity index is 1.11. The zero-order chi connectivity index (χ0) is 39.3. The van der Waals surface area contributed by atoms with Gasteiger partial charge in [-0.25, -0.2) is 4.98 Å². The topological polar surface area (TPSA) is 152 Å². The van der Waals surface area contributed by atoms with Gasteiger partial charge in [-0.05, 0) is 92.8 Å². The molecule has 7 fully saturated rings. The molecule has 13 heteroatoms. The molecule has 10 atom stereocenters. The fourth-order valence-electron chi connectivity index (χ4n) is 11.5. The predicted molar refractivity (Wildman–Crippen MR) is 209 cm³/mol. The van der Waals surface area contributed by atoms with Crippen LogP contribution in [0.2, 0.25) is 0 Å². The quantitative estimate of drug-likeness (QED) is 0.254. The molecule has 302 valence electrons. The molecule has 7 aliphatic rings. The normalized spacial score (nSPS) is 33.0. The van der Waals surface area contributed by atoms with Gasteiger partial charge in [0.2, 0.25) is 17.7 Å². The largest absolute Gasteiger partial charge is 0.481 e. The van der Waals surface area contributed by atoms with Crippen molar-refractivity contribution in [3.63, 3.8) is 0 Å². The number of carbonyl (C=O) groups excluding carboxylic acids is 4. The maximum atomic E-state index is 15.1. The second-order valence-electron chi connectivity index (χ2n) is 19.6. The van der Waals surface area contributed by atoms with Gasteiger partial charge in [0.05, 0.1) is 23.8 Å². The lowest BCUT2D eigenvalue weighted by atomic mass is 9.43. The zero-order valence-electron chi connectivity index (χ0n) is 34.3. The van der Waals surface area contributed by atoms with Crippen LogP contribution < -0.4 is 16.0 Å². The maximum Gasteiger partial charge on any atom is 0.481 e. The summed E-state index contributed by atoms with van der Waals surface area (Å²) in [6.07, 6.45) is 17.1. The Hall–Kier alpha value is -3.06. The van der Waals surface area contributed by atoms with Crippen molar-refractivity contribution in [2.75, 3.05) is 0 Å². The Morgan fingerprint density at radius 1 is 0.945 bits per heavy atom. The summed E-state index contributed by atoms with van der Waals surface area (Å²) in [6, 6.07) is -2.50. The van der Waals surface area contributed by atoms with E-state index < -0.39 is 36.6 Å². The second kappa shape index (κ2) is 15.7. The van der Waals surface area contributed by atoms with Crippen LogP contribution in [0.4, 0.5) is 0 Å². The molecule has 0 aromatic carbocycles. The molecule has 0 radical (unpaired) electrons. The summed E-state index contributed by atoms with van der Waals surface area (Å²) in [6.45, 7) is 14.9. The summed E-state index contributed by atoms with van der Waals surface area (Å²) >= 11 is 0. The van der Waals surface area contributed by atoms with Gasteiger partial charge in [-0.1, -0.05) is 80.1 Å². The molecule has 2 aliphatic heterocycles. The van der Waals surface area contributed by atoms with Gasteiger partial charge in [-0.15, -0.1) is 0 Å². The van der Waals surface area contributed by atoms with E-state index in [1.165, 1.54) is 18.6 Å². The van der Waals surface area contributed by atoms with E-state index in [-0.39, 0.29) is 64.4 Å². The average molecular weight is 761 g/mol. The first-order chi connectivity index (χ1) is 26.1. The van der Waals surface area contributed by atoms with Crippen LogP contribution in [-0.2, 0) is 23.7 Å². The molecular formula is C42H65BN6O6. The molecule has 12 nitrogen and oxygen atoms in total. The van der Waals surface area contributed by atoms with Gasteiger partial charge in [-0.3, -0.25) is 24.2 Å². The molecule has 3 heterocycles. The van der Waals surface area contributed by atoms with Crippen LogP contribution in [0, 0.1) is 34.5 Å². The Kier molecular flexibility index (Phi) is 11.5. The number of nitrogens with zero attached hydrogens (tertiary/aromatic N) is 3. The van der Waals surface area contributed by atoms with Crippen LogP contribution in [0.5, 0.6) is 0 Å². The number of rotatable bonds is 11. The van der Waals surface area contributed by atoms with E-state index in [9.17, 15) is 14.4 Å². The fraction of sp³-hybridized carbons (Fsp3) is 0.810. The Morgan fingerprint density at radius 3 is 2.35 bits per heavy atom. The number of nitrogens with one attached hydrogen (secondary N) is 3. The predicted octanol–water partition coefficient (Wildman–Crippen LogP) is 5.40. The monoisotopic (exact) mass is 761 g/mol. The van der Waals surface area contributed by atoms with Gasteiger partial charge in [-0.2, -0.15) is 0 Å². The molecule has 0 spiro atoms. The van der Waals surface area contributed by atoms with Crippen LogP contribution in [0.1, 0.15) is 149 Å². The van der Waals surface area contributed by atoms with Crippen LogP contribution in [0.3, 0.4) is 0 Å². The summed E-state index contributed by atoms with van der Waals surface area (Å²) in [5.74, 6) is -0.416. The minimum absolute atomic E-state index is 0.0111. The van der Waals surface area contributed by atoms with Gasteiger partial charge >= 0.3 is 7.12 Å². The first-order valence-electron chi connectivity index (χ1n) is 21.5. The van der Waals surface area contributed by atoms with Crippen LogP contribution in [0.25, 0.3) is 0 Å². The molecule has 1 unspecified atom stereocenters. The van der Waals surface area contributed by atoms with Crippen molar-refractivity contribution in [3.05, 3.63) is 24.3 Å². The van der Waals surface area contributed by atoms with Crippen LogP contribution in [0.15, 0.2) is 18.6 Å². The van der Waals surface area contributed by atoms with Crippen LogP contribution in [-0.4, -0.2) is 87.4 Å². The zero-order valence-corrected chi connectivity index (χ0v) is 34.3. The number of amides is 4. The number of hydrogen-bond acceptors (Lipinski definition) is 8. The lowest BCUT2D eigenvalue weighted by Crippen LogP contribution is -2.65. The van der Waals surface area contributed by atoms with E-state index in [2.05, 4.69) is 53.6 Å². The van der Waals surface area contributed by atoms with Crippen LogP contribution >= 0.6 is 0 Å². The molecule has 1 aromatic rings. The minimum atomic E-state index is -0.915. The third-order valence-electron chi connectivity index (χ3n) is 14.8. The molecule has 5 saturated carbocycles. The molecule has 4 amide bonds.